The minimum atomic E-state index is -0.180. The lowest BCUT2D eigenvalue weighted by Gasteiger charge is -2.07. The Bertz CT molecular complexity index is 263. The van der Waals surface area contributed by atoms with Crippen molar-refractivity contribution < 1.29 is 4.39 Å². The molecular weight excluding hydrogens is 173 g/mol. The molecule has 0 unspecified atom stereocenters. The lowest BCUT2D eigenvalue weighted by atomic mass is 10.3. The van der Waals surface area contributed by atoms with E-state index in [9.17, 15) is 4.39 Å². The number of nitrogens with one attached hydrogen (secondary N) is 1. The molecule has 0 spiro atoms. The number of benzene rings is 1. The summed E-state index contributed by atoms with van der Waals surface area (Å²) in [5, 5.41) is 3.17. The number of halogens is 1. The first-order chi connectivity index (χ1) is 5.77. The lowest BCUT2D eigenvalue weighted by molar-refractivity contribution is 0.624. The molecule has 0 bridgehead atoms. The molecule has 0 atom stereocenters. The van der Waals surface area contributed by atoms with Crippen molar-refractivity contribution in [3.63, 3.8) is 0 Å². The molecule has 0 aliphatic rings. The third-order valence-corrected chi connectivity index (χ3v) is 2.31. The van der Waals surface area contributed by atoms with Gasteiger partial charge in [0, 0.05) is 17.1 Å². The van der Waals surface area contributed by atoms with Gasteiger partial charge in [0.2, 0.25) is 0 Å². The molecule has 0 amide bonds. The van der Waals surface area contributed by atoms with E-state index in [0.717, 1.165) is 17.1 Å². The second-order valence-electron chi connectivity index (χ2n) is 2.37. The minimum Gasteiger partial charge on any atom is -0.384 e. The number of rotatable bonds is 3. The standard InChI is InChI=1S/C9H12FNS/c1-3-11-8-5-4-7(10)6-9(8)12-2/h4-6,11H,3H2,1-2H3. The van der Waals surface area contributed by atoms with Gasteiger partial charge in [0.15, 0.2) is 0 Å². The Balaban J connectivity index is 2.94. The molecule has 0 saturated heterocycles. The first-order valence-electron chi connectivity index (χ1n) is 3.85. The van der Waals surface area contributed by atoms with Gasteiger partial charge in [-0.3, -0.25) is 0 Å². The van der Waals surface area contributed by atoms with Crippen LogP contribution < -0.4 is 5.32 Å². The van der Waals surface area contributed by atoms with E-state index >= 15 is 0 Å². The maximum absolute atomic E-state index is 12.7. The Labute approximate surface area is 76.4 Å². The highest BCUT2D eigenvalue weighted by molar-refractivity contribution is 7.98. The normalized spacial score (nSPS) is 9.92. The number of anilines is 1. The van der Waals surface area contributed by atoms with E-state index in [1.54, 1.807) is 23.9 Å². The van der Waals surface area contributed by atoms with Crippen LogP contribution in [0.5, 0.6) is 0 Å². The number of thioether (sulfide) groups is 1. The van der Waals surface area contributed by atoms with E-state index in [1.165, 1.54) is 6.07 Å². The Morgan fingerprint density at radius 3 is 2.83 bits per heavy atom. The average Bonchev–Trinajstić information content (AvgIpc) is 2.08. The monoisotopic (exact) mass is 185 g/mol. The highest BCUT2D eigenvalue weighted by Crippen LogP contribution is 2.25. The highest BCUT2D eigenvalue weighted by Gasteiger charge is 2.00. The van der Waals surface area contributed by atoms with Crippen LogP contribution in [0.3, 0.4) is 0 Å². The Morgan fingerprint density at radius 2 is 2.25 bits per heavy atom. The average molecular weight is 185 g/mol. The molecule has 1 aromatic carbocycles. The molecule has 0 aliphatic carbocycles. The van der Waals surface area contributed by atoms with Crippen LogP contribution in [-0.2, 0) is 0 Å². The van der Waals surface area contributed by atoms with E-state index < -0.39 is 0 Å². The van der Waals surface area contributed by atoms with Crippen LogP contribution >= 0.6 is 11.8 Å². The molecule has 0 heterocycles. The van der Waals surface area contributed by atoms with Gasteiger partial charge in [-0.1, -0.05) is 0 Å². The van der Waals surface area contributed by atoms with E-state index in [-0.39, 0.29) is 5.82 Å². The van der Waals surface area contributed by atoms with Gasteiger partial charge in [-0.25, -0.2) is 4.39 Å². The Morgan fingerprint density at radius 1 is 1.50 bits per heavy atom. The summed E-state index contributed by atoms with van der Waals surface area (Å²) in [6.07, 6.45) is 1.94. The van der Waals surface area contributed by atoms with E-state index in [4.69, 9.17) is 0 Å². The maximum Gasteiger partial charge on any atom is 0.124 e. The van der Waals surface area contributed by atoms with E-state index in [1.807, 2.05) is 13.2 Å². The fraction of sp³-hybridized carbons (Fsp3) is 0.333. The van der Waals surface area contributed by atoms with Crippen LogP contribution in [0.2, 0.25) is 0 Å². The molecule has 1 N–H and O–H groups in total. The van der Waals surface area contributed by atoms with Gasteiger partial charge in [-0.2, -0.15) is 0 Å². The summed E-state index contributed by atoms with van der Waals surface area (Å²) in [6, 6.07) is 4.78. The van der Waals surface area contributed by atoms with Crippen LogP contribution in [0.1, 0.15) is 6.92 Å². The van der Waals surface area contributed by atoms with Crippen molar-refractivity contribution in [2.24, 2.45) is 0 Å². The second kappa shape index (κ2) is 4.36. The summed E-state index contributed by atoms with van der Waals surface area (Å²) in [4.78, 5) is 0.955. The third kappa shape index (κ3) is 2.14. The molecule has 0 fully saturated rings. The van der Waals surface area contributed by atoms with E-state index in [2.05, 4.69) is 5.32 Å². The van der Waals surface area contributed by atoms with Gasteiger partial charge in [0.1, 0.15) is 5.82 Å². The first kappa shape index (κ1) is 9.39. The van der Waals surface area contributed by atoms with Crippen molar-refractivity contribution in [2.45, 2.75) is 11.8 Å². The Hall–Kier alpha value is -0.700. The summed E-state index contributed by atoms with van der Waals surface area (Å²) >= 11 is 1.55. The van der Waals surface area contributed by atoms with Gasteiger partial charge in [-0.15, -0.1) is 11.8 Å². The molecule has 1 nitrogen and oxygen atoms in total. The van der Waals surface area contributed by atoms with Crippen LogP contribution in [0.15, 0.2) is 23.1 Å². The molecule has 0 radical (unpaired) electrons. The van der Waals surface area contributed by atoms with E-state index in [0.29, 0.717) is 0 Å². The number of hydrogen-bond acceptors (Lipinski definition) is 2. The summed E-state index contributed by atoms with van der Waals surface area (Å²) in [7, 11) is 0. The summed E-state index contributed by atoms with van der Waals surface area (Å²) in [5.41, 5.74) is 1.01. The molecule has 0 aliphatic heterocycles. The predicted octanol–water partition coefficient (Wildman–Crippen LogP) is 2.98. The summed E-state index contributed by atoms with van der Waals surface area (Å²) in [6.45, 7) is 2.88. The van der Waals surface area contributed by atoms with Crippen LogP contribution in [0.25, 0.3) is 0 Å². The molecule has 66 valence electrons. The zero-order valence-corrected chi connectivity index (χ0v) is 8.04. The zero-order valence-electron chi connectivity index (χ0n) is 7.23. The van der Waals surface area contributed by atoms with Gasteiger partial charge in [0.25, 0.3) is 0 Å². The van der Waals surface area contributed by atoms with Crippen molar-refractivity contribution in [3.8, 4) is 0 Å². The fourth-order valence-corrected chi connectivity index (χ4v) is 1.59. The summed E-state index contributed by atoms with van der Waals surface area (Å²) < 4.78 is 12.7. The van der Waals surface area contributed by atoms with Crippen molar-refractivity contribution in [3.05, 3.63) is 24.0 Å². The molecule has 1 rings (SSSR count). The van der Waals surface area contributed by atoms with Gasteiger partial charge < -0.3 is 5.32 Å². The molecular formula is C9H12FNS. The molecule has 0 aromatic heterocycles. The van der Waals surface area contributed by atoms with Crippen LogP contribution in [0, 0.1) is 5.82 Å². The van der Waals surface area contributed by atoms with Crippen molar-refractivity contribution >= 4 is 17.4 Å². The number of hydrogen-bond donors (Lipinski definition) is 1. The fourth-order valence-electron chi connectivity index (χ4n) is 1.00. The lowest BCUT2D eigenvalue weighted by Crippen LogP contribution is -1.97. The second-order valence-corrected chi connectivity index (χ2v) is 3.22. The molecule has 1 aromatic rings. The minimum absolute atomic E-state index is 0.180. The molecule has 12 heavy (non-hydrogen) atoms. The molecule has 3 heteroatoms. The first-order valence-corrected chi connectivity index (χ1v) is 5.07. The van der Waals surface area contributed by atoms with Gasteiger partial charge in [-0.05, 0) is 31.4 Å². The van der Waals surface area contributed by atoms with Crippen molar-refractivity contribution in [2.75, 3.05) is 18.1 Å². The van der Waals surface area contributed by atoms with Crippen LogP contribution in [0.4, 0.5) is 10.1 Å². The van der Waals surface area contributed by atoms with Crippen molar-refractivity contribution in [1.29, 1.82) is 0 Å². The Kier molecular flexibility index (Phi) is 3.41. The highest BCUT2D eigenvalue weighted by atomic mass is 32.2. The maximum atomic E-state index is 12.7. The predicted molar refractivity (Wildman–Crippen MR) is 52.3 cm³/mol. The van der Waals surface area contributed by atoms with Gasteiger partial charge in [0.05, 0.1) is 0 Å². The summed E-state index contributed by atoms with van der Waals surface area (Å²) in [5.74, 6) is -0.180. The van der Waals surface area contributed by atoms with Crippen molar-refractivity contribution in [1.82, 2.24) is 0 Å². The van der Waals surface area contributed by atoms with Crippen LogP contribution in [-0.4, -0.2) is 12.8 Å². The largest absolute Gasteiger partial charge is 0.384 e. The van der Waals surface area contributed by atoms with Gasteiger partial charge >= 0.3 is 0 Å². The smallest absolute Gasteiger partial charge is 0.124 e. The topological polar surface area (TPSA) is 12.0 Å². The molecule has 0 saturated carbocycles. The third-order valence-electron chi connectivity index (χ3n) is 1.53. The SMILES string of the molecule is CCNc1ccc(F)cc1SC. The quantitative estimate of drug-likeness (QED) is 0.726. The zero-order chi connectivity index (χ0) is 8.97.